The van der Waals surface area contributed by atoms with Crippen LogP contribution in [0.4, 0.5) is 0 Å². The summed E-state index contributed by atoms with van der Waals surface area (Å²) >= 11 is 0. The van der Waals surface area contributed by atoms with Crippen LogP contribution in [0.3, 0.4) is 0 Å². The summed E-state index contributed by atoms with van der Waals surface area (Å²) < 4.78 is 23.3. The van der Waals surface area contributed by atoms with E-state index in [1.807, 2.05) is 13.2 Å². The standard InChI is InChI=1S/C31H39N3O5/c1-34-11-7-17-12-24(38-4)28(35)27-26(17)21(34)15-30(27)8-9-31(25(16-30)39-5)29-18(6-10-32-31)19-13-22(36-2)23(37-3)14-20(19)33-29/h12-14,21,25,32-33,35H,6-11,15-16H2,1-5H3/t21?,25-,30+,31+/m1/s1. The summed E-state index contributed by atoms with van der Waals surface area (Å²) in [5.41, 5.74) is 6.85. The summed E-state index contributed by atoms with van der Waals surface area (Å²) in [4.78, 5) is 6.25. The molecule has 2 aliphatic heterocycles. The number of hydrogen-bond acceptors (Lipinski definition) is 7. The van der Waals surface area contributed by atoms with Gasteiger partial charge in [-0.2, -0.15) is 0 Å². The van der Waals surface area contributed by atoms with E-state index in [1.54, 1.807) is 21.3 Å². The summed E-state index contributed by atoms with van der Waals surface area (Å²) in [6.45, 7) is 1.90. The molecule has 4 atom stereocenters. The lowest BCUT2D eigenvalue weighted by atomic mass is 9.61. The summed E-state index contributed by atoms with van der Waals surface area (Å²) in [7, 11) is 9.07. The molecule has 3 aromatic rings. The van der Waals surface area contributed by atoms with E-state index in [1.165, 1.54) is 27.8 Å². The van der Waals surface area contributed by atoms with Gasteiger partial charge in [-0.25, -0.2) is 0 Å². The van der Waals surface area contributed by atoms with E-state index >= 15 is 0 Å². The Labute approximate surface area is 229 Å². The van der Waals surface area contributed by atoms with Crippen molar-refractivity contribution in [2.75, 3.05) is 48.6 Å². The van der Waals surface area contributed by atoms with Gasteiger partial charge in [0.25, 0.3) is 0 Å². The van der Waals surface area contributed by atoms with Gasteiger partial charge in [-0.3, -0.25) is 4.90 Å². The lowest BCUT2D eigenvalue weighted by Gasteiger charge is -2.52. The first-order valence-corrected chi connectivity index (χ1v) is 14.1. The van der Waals surface area contributed by atoms with E-state index in [2.05, 4.69) is 34.4 Å². The highest BCUT2D eigenvalue weighted by Gasteiger charge is 2.58. The molecule has 0 radical (unpaired) electrons. The number of phenolic OH excluding ortho intramolecular Hbond substituents is 1. The number of nitrogens with zero attached hydrogens (tertiary/aromatic N) is 1. The molecule has 1 saturated carbocycles. The molecule has 2 spiro atoms. The predicted molar refractivity (Wildman–Crippen MR) is 149 cm³/mol. The summed E-state index contributed by atoms with van der Waals surface area (Å²) in [5.74, 6) is 2.38. The highest BCUT2D eigenvalue weighted by Crippen LogP contribution is 2.63. The minimum atomic E-state index is -0.339. The van der Waals surface area contributed by atoms with E-state index < -0.39 is 0 Å². The van der Waals surface area contributed by atoms with E-state index in [9.17, 15) is 5.11 Å². The van der Waals surface area contributed by atoms with Gasteiger partial charge in [0.05, 0.1) is 33.0 Å². The van der Waals surface area contributed by atoms with Crippen molar-refractivity contribution in [3.63, 3.8) is 0 Å². The lowest BCUT2D eigenvalue weighted by Crippen LogP contribution is -2.60. The monoisotopic (exact) mass is 533 g/mol. The number of aromatic nitrogens is 1. The number of hydrogen-bond donors (Lipinski definition) is 3. The molecule has 8 heteroatoms. The zero-order valence-electron chi connectivity index (χ0n) is 23.6. The van der Waals surface area contributed by atoms with Gasteiger partial charge in [0.1, 0.15) is 0 Å². The van der Waals surface area contributed by atoms with Gasteiger partial charge in [-0.05, 0) is 74.4 Å². The van der Waals surface area contributed by atoms with Crippen molar-refractivity contribution in [2.45, 2.75) is 61.6 Å². The van der Waals surface area contributed by atoms with Crippen molar-refractivity contribution in [3.8, 4) is 23.0 Å². The second kappa shape index (κ2) is 8.78. The van der Waals surface area contributed by atoms with Crippen molar-refractivity contribution < 1.29 is 24.1 Å². The quantitative estimate of drug-likeness (QED) is 0.461. The Morgan fingerprint density at radius 1 is 0.949 bits per heavy atom. The number of phenols is 1. The second-order valence-electron chi connectivity index (χ2n) is 11.9. The number of benzene rings is 2. The third-order valence-electron chi connectivity index (χ3n) is 10.4. The summed E-state index contributed by atoms with van der Waals surface area (Å²) in [5, 5.41) is 16.7. The van der Waals surface area contributed by atoms with E-state index in [0.29, 0.717) is 17.5 Å². The van der Waals surface area contributed by atoms with Gasteiger partial charge in [0.2, 0.25) is 0 Å². The minimum absolute atomic E-state index is 0.0751. The highest BCUT2D eigenvalue weighted by atomic mass is 16.5. The Kier molecular flexibility index (Phi) is 5.64. The first-order valence-electron chi connectivity index (χ1n) is 14.1. The number of rotatable bonds is 4. The Bertz CT molecular complexity index is 1470. The van der Waals surface area contributed by atoms with Crippen LogP contribution in [-0.4, -0.2) is 69.7 Å². The molecule has 4 aliphatic rings. The Hall–Kier alpha value is -2.94. The van der Waals surface area contributed by atoms with Crippen molar-refractivity contribution in [3.05, 3.63) is 46.1 Å². The normalized spacial score (nSPS) is 29.6. The number of aromatic hydroxyl groups is 1. The molecule has 208 valence electrons. The maximum Gasteiger partial charge on any atom is 0.162 e. The maximum atomic E-state index is 11.6. The topological polar surface area (TPSA) is 88.2 Å². The van der Waals surface area contributed by atoms with Crippen LogP contribution >= 0.6 is 0 Å². The SMILES string of the molecule is COc1cc2[nH]c3c(c2cc1OC)CCN[C@]31CC[C@]2(CC3c4c(cc(OC)c(O)c42)CCN3C)C[C@H]1OC. The number of H-pyrrole nitrogens is 1. The fourth-order valence-electron chi connectivity index (χ4n) is 8.53. The molecule has 39 heavy (non-hydrogen) atoms. The number of likely N-dealkylation sites (N-methyl/N-ethyl adjacent to an activating group) is 1. The van der Waals surface area contributed by atoms with Crippen LogP contribution in [0.25, 0.3) is 10.9 Å². The molecule has 0 bridgehead atoms. The second-order valence-corrected chi connectivity index (χ2v) is 11.9. The zero-order valence-corrected chi connectivity index (χ0v) is 23.6. The molecule has 1 unspecified atom stereocenters. The van der Waals surface area contributed by atoms with Gasteiger partial charge >= 0.3 is 0 Å². The molecule has 3 heterocycles. The molecule has 8 nitrogen and oxygen atoms in total. The van der Waals surface area contributed by atoms with Crippen LogP contribution in [0.1, 0.15) is 59.7 Å². The minimum Gasteiger partial charge on any atom is -0.504 e. The Balaban J connectivity index is 1.35. The molecule has 0 amide bonds. The molecular formula is C31H39N3O5. The Morgan fingerprint density at radius 2 is 1.72 bits per heavy atom. The van der Waals surface area contributed by atoms with E-state index in [0.717, 1.165) is 74.2 Å². The van der Waals surface area contributed by atoms with Crippen molar-refractivity contribution in [1.29, 1.82) is 0 Å². The predicted octanol–water partition coefficient (Wildman–Crippen LogP) is 4.31. The number of ether oxygens (including phenoxy) is 4. The van der Waals surface area contributed by atoms with Crippen molar-refractivity contribution in [2.24, 2.45) is 0 Å². The molecular weight excluding hydrogens is 494 g/mol. The third kappa shape index (κ3) is 3.28. The molecule has 1 aromatic heterocycles. The maximum absolute atomic E-state index is 11.6. The first-order chi connectivity index (χ1) is 18.9. The Morgan fingerprint density at radius 3 is 2.46 bits per heavy atom. The average molecular weight is 534 g/mol. The van der Waals surface area contributed by atoms with Crippen LogP contribution < -0.4 is 19.5 Å². The molecule has 0 saturated heterocycles. The average Bonchev–Trinajstić information content (AvgIpc) is 3.50. The molecule has 2 aromatic carbocycles. The fourth-order valence-corrected chi connectivity index (χ4v) is 8.53. The number of aromatic amines is 1. The van der Waals surface area contributed by atoms with Crippen LogP contribution in [0.15, 0.2) is 18.2 Å². The number of methoxy groups -OCH3 is 4. The smallest absolute Gasteiger partial charge is 0.162 e. The third-order valence-corrected chi connectivity index (χ3v) is 10.4. The van der Waals surface area contributed by atoms with Crippen LogP contribution in [0, 0.1) is 0 Å². The highest BCUT2D eigenvalue weighted by molar-refractivity contribution is 5.88. The number of fused-ring (bicyclic) bond motifs is 5. The van der Waals surface area contributed by atoms with Gasteiger partial charge in [-0.15, -0.1) is 0 Å². The van der Waals surface area contributed by atoms with Gasteiger partial charge < -0.3 is 34.4 Å². The largest absolute Gasteiger partial charge is 0.504 e. The van der Waals surface area contributed by atoms with Crippen molar-refractivity contribution in [1.82, 2.24) is 15.2 Å². The van der Waals surface area contributed by atoms with Crippen LogP contribution in [0.2, 0.25) is 0 Å². The van der Waals surface area contributed by atoms with Gasteiger partial charge in [0, 0.05) is 59.9 Å². The van der Waals surface area contributed by atoms with Gasteiger partial charge in [0.15, 0.2) is 23.0 Å². The number of nitrogens with one attached hydrogen (secondary N) is 2. The zero-order chi connectivity index (χ0) is 27.1. The molecule has 7 rings (SSSR count). The summed E-state index contributed by atoms with van der Waals surface area (Å²) in [6, 6.07) is 6.52. The molecule has 1 fully saturated rings. The van der Waals surface area contributed by atoms with Crippen molar-refractivity contribution >= 4 is 10.9 Å². The summed E-state index contributed by atoms with van der Waals surface area (Å²) in [6.07, 6.45) is 5.53. The van der Waals surface area contributed by atoms with Gasteiger partial charge in [-0.1, -0.05) is 0 Å². The van der Waals surface area contributed by atoms with E-state index in [-0.39, 0.29) is 17.1 Å². The lowest BCUT2D eigenvalue weighted by molar-refractivity contribution is -0.0482. The van der Waals surface area contributed by atoms with Crippen LogP contribution in [-0.2, 0) is 28.5 Å². The first kappa shape index (κ1) is 25.1. The molecule has 3 N–H and O–H groups in total. The fraction of sp³-hybridized carbons (Fsp3) is 0.548. The van der Waals surface area contributed by atoms with Crippen LogP contribution in [0.5, 0.6) is 23.0 Å². The molecule has 2 aliphatic carbocycles. The van der Waals surface area contributed by atoms with E-state index in [4.69, 9.17) is 18.9 Å².